The summed E-state index contributed by atoms with van der Waals surface area (Å²) in [7, 11) is 0. The molecule has 0 bridgehead atoms. The Morgan fingerprint density at radius 2 is 1.91 bits per heavy atom. The molecule has 6 nitrogen and oxygen atoms in total. The van der Waals surface area contributed by atoms with Crippen LogP contribution in [0, 0.1) is 0 Å². The highest BCUT2D eigenvalue weighted by Crippen LogP contribution is 2.39. The van der Waals surface area contributed by atoms with Crippen molar-refractivity contribution in [2.45, 2.75) is 65.6 Å². The van der Waals surface area contributed by atoms with E-state index < -0.39 is 18.5 Å². The largest absolute Gasteiger partial charge is 0.490 e. The summed E-state index contributed by atoms with van der Waals surface area (Å²) < 4.78 is 40.6. The fraction of sp³-hybridized carbons (Fsp3) is 0.478. The molecule has 0 spiro atoms. The molecule has 0 fully saturated rings. The molecule has 0 saturated heterocycles. The highest BCUT2D eigenvalue weighted by Gasteiger charge is 2.28. The molecule has 0 aliphatic heterocycles. The van der Waals surface area contributed by atoms with E-state index in [1.807, 2.05) is 13.8 Å². The summed E-state index contributed by atoms with van der Waals surface area (Å²) in [6, 6.07) is 3.99. The summed E-state index contributed by atoms with van der Waals surface area (Å²) in [6.45, 7) is 2.66. The van der Waals surface area contributed by atoms with Gasteiger partial charge in [-0.15, -0.1) is 11.3 Å². The molecule has 0 saturated carbocycles. The summed E-state index contributed by atoms with van der Waals surface area (Å²) in [4.78, 5) is 26.9. The van der Waals surface area contributed by atoms with Gasteiger partial charge in [-0.3, -0.25) is 4.79 Å². The Kier molecular flexibility index (Phi) is 8.06. The number of benzene rings is 1. The number of ether oxygens (including phenoxy) is 3. The van der Waals surface area contributed by atoms with E-state index in [9.17, 15) is 18.4 Å². The van der Waals surface area contributed by atoms with Crippen molar-refractivity contribution in [2.24, 2.45) is 0 Å². The van der Waals surface area contributed by atoms with E-state index >= 15 is 0 Å². The first-order valence-corrected chi connectivity index (χ1v) is 11.5. The van der Waals surface area contributed by atoms with Crippen LogP contribution in [-0.2, 0) is 17.6 Å². The summed E-state index contributed by atoms with van der Waals surface area (Å²) in [6.07, 6.45) is 4.08. The summed E-state index contributed by atoms with van der Waals surface area (Å²) >= 11 is 1.39. The van der Waals surface area contributed by atoms with E-state index in [-0.39, 0.29) is 29.8 Å². The van der Waals surface area contributed by atoms with E-state index in [4.69, 9.17) is 9.47 Å². The molecule has 1 aromatic carbocycles. The highest BCUT2D eigenvalue weighted by molar-refractivity contribution is 7.17. The summed E-state index contributed by atoms with van der Waals surface area (Å²) in [5, 5.41) is 3.27. The molecule has 174 valence electrons. The quantitative estimate of drug-likeness (QED) is 0.470. The lowest BCUT2D eigenvalue weighted by Crippen LogP contribution is -2.19. The highest BCUT2D eigenvalue weighted by atomic mass is 32.1. The van der Waals surface area contributed by atoms with Crippen molar-refractivity contribution in [3.05, 3.63) is 39.8 Å². The summed E-state index contributed by atoms with van der Waals surface area (Å²) in [5.41, 5.74) is 1.56. The van der Waals surface area contributed by atoms with Crippen molar-refractivity contribution in [3.8, 4) is 11.5 Å². The zero-order chi connectivity index (χ0) is 23.3. The number of halogens is 2. The zero-order valence-electron chi connectivity index (χ0n) is 18.3. The van der Waals surface area contributed by atoms with Gasteiger partial charge in [-0.1, -0.05) is 6.92 Å². The number of alkyl halides is 2. The fourth-order valence-corrected chi connectivity index (χ4v) is 4.75. The van der Waals surface area contributed by atoms with E-state index in [2.05, 4.69) is 10.1 Å². The lowest BCUT2D eigenvalue weighted by atomic mass is 9.95. The molecular formula is C23H27F2NO5S. The van der Waals surface area contributed by atoms with Crippen LogP contribution in [-0.4, -0.2) is 31.2 Å². The molecule has 1 atom stereocenters. The van der Waals surface area contributed by atoms with Gasteiger partial charge in [0.1, 0.15) is 5.00 Å². The van der Waals surface area contributed by atoms with E-state index in [1.54, 1.807) is 6.92 Å². The Morgan fingerprint density at radius 3 is 2.59 bits per heavy atom. The van der Waals surface area contributed by atoms with Crippen LogP contribution in [0.4, 0.5) is 13.8 Å². The molecule has 32 heavy (non-hydrogen) atoms. The lowest BCUT2D eigenvalue weighted by molar-refractivity contribution is -0.0514. The van der Waals surface area contributed by atoms with Crippen LogP contribution in [0.1, 0.15) is 71.2 Å². The average Bonchev–Trinajstić information content (AvgIpc) is 3.12. The molecule has 1 amide bonds. The van der Waals surface area contributed by atoms with Gasteiger partial charge in [0.15, 0.2) is 11.5 Å². The summed E-state index contributed by atoms with van der Waals surface area (Å²) in [5.74, 6) is -1.03. The van der Waals surface area contributed by atoms with Crippen LogP contribution < -0.4 is 14.8 Å². The third kappa shape index (κ3) is 5.56. The molecule has 1 aromatic heterocycles. The number of hydrogen-bond donors (Lipinski definition) is 1. The fourth-order valence-electron chi connectivity index (χ4n) is 3.48. The Bertz CT molecular complexity index is 976. The smallest absolute Gasteiger partial charge is 0.387 e. The number of aryl methyl sites for hydroxylation is 1. The minimum atomic E-state index is -3.01. The second kappa shape index (κ2) is 10.8. The van der Waals surface area contributed by atoms with Gasteiger partial charge in [0.25, 0.3) is 5.91 Å². The molecule has 0 radical (unpaired) electrons. The lowest BCUT2D eigenvalue weighted by Gasteiger charge is -2.15. The number of hydrogen-bond acceptors (Lipinski definition) is 6. The number of carbonyl (C=O) groups is 2. The zero-order valence-corrected chi connectivity index (χ0v) is 19.2. The third-order valence-electron chi connectivity index (χ3n) is 5.21. The first-order chi connectivity index (χ1) is 15.3. The monoisotopic (exact) mass is 467 g/mol. The number of fused-ring (bicyclic) bond motifs is 1. The number of rotatable bonds is 9. The van der Waals surface area contributed by atoms with Crippen molar-refractivity contribution < 1.29 is 32.6 Å². The molecule has 2 aromatic rings. The van der Waals surface area contributed by atoms with Crippen LogP contribution in [0.3, 0.4) is 0 Å². The van der Waals surface area contributed by atoms with E-state index in [0.29, 0.717) is 17.0 Å². The first-order valence-electron chi connectivity index (χ1n) is 10.7. The molecule has 1 N–H and O–H groups in total. The van der Waals surface area contributed by atoms with E-state index in [1.165, 1.54) is 29.5 Å². The minimum Gasteiger partial charge on any atom is -0.490 e. The van der Waals surface area contributed by atoms with Crippen molar-refractivity contribution in [1.82, 2.24) is 0 Å². The Labute approximate surface area is 189 Å². The van der Waals surface area contributed by atoms with Gasteiger partial charge >= 0.3 is 12.6 Å². The third-order valence-corrected chi connectivity index (χ3v) is 6.41. The van der Waals surface area contributed by atoms with Gasteiger partial charge in [-0.05, 0) is 69.7 Å². The van der Waals surface area contributed by atoms with Crippen molar-refractivity contribution in [3.63, 3.8) is 0 Å². The number of nitrogens with one attached hydrogen (secondary N) is 1. The maximum absolute atomic E-state index is 13.0. The van der Waals surface area contributed by atoms with Crippen molar-refractivity contribution >= 4 is 28.2 Å². The van der Waals surface area contributed by atoms with Gasteiger partial charge < -0.3 is 19.5 Å². The van der Waals surface area contributed by atoms with Crippen LogP contribution in [0.5, 0.6) is 11.5 Å². The maximum atomic E-state index is 13.0. The van der Waals surface area contributed by atoms with Crippen molar-refractivity contribution in [1.29, 1.82) is 0 Å². The molecule has 3 rings (SSSR count). The second-order valence-electron chi connectivity index (χ2n) is 7.47. The van der Waals surface area contributed by atoms with Gasteiger partial charge in [-0.25, -0.2) is 4.79 Å². The average molecular weight is 468 g/mol. The van der Waals surface area contributed by atoms with Gasteiger partial charge in [0, 0.05) is 10.4 Å². The minimum absolute atomic E-state index is 0.0438. The van der Waals surface area contributed by atoms with Crippen LogP contribution in [0.25, 0.3) is 0 Å². The van der Waals surface area contributed by atoms with E-state index in [0.717, 1.165) is 36.1 Å². The topological polar surface area (TPSA) is 73.9 Å². The van der Waals surface area contributed by atoms with Crippen LogP contribution in [0.2, 0.25) is 0 Å². The molecule has 1 aliphatic carbocycles. The standard InChI is InChI=1S/C23H27F2NO5S/c1-4-13(3)30-22(28)19-15-8-6-7-9-18(15)32-21(19)26-20(27)14-10-11-16(31-23(24)25)17(12-14)29-5-2/h10-13,23H,4-9H2,1-3H3,(H,26,27)/t13-/m0/s1. The van der Waals surface area contributed by atoms with Gasteiger partial charge in [0.05, 0.1) is 18.3 Å². The van der Waals surface area contributed by atoms with Gasteiger partial charge in [-0.2, -0.15) is 8.78 Å². The van der Waals surface area contributed by atoms with Gasteiger partial charge in [0.2, 0.25) is 0 Å². The predicted molar refractivity (Wildman–Crippen MR) is 118 cm³/mol. The molecule has 1 aliphatic rings. The molecular weight excluding hydrogens is 440 g/mol. The normalized spacial score (nSPS) is 13.9. The molecule has 0 unspecified atom stereocenters. The maximum Gasteiger partial charge on any atom is 0.387 e. The SMILES string of the molecule is CCOc1cc(C(=O)Nc2sc3c(c2C(=O)O[C@@H](C)CC)CCCC3)ccc1OC(F)F. The predicted octanol–water partition coefficient (Wildman–Crippen LogP) is 5.83. The first kappa shape index (κ1) is 24.0. The molecule has 1 heterocycles. The number of amides is 1. The molecule has 9 heteroatoms. The van der Waals surface area contributed by atoms with Crippen LogP contribution in [0.15, 0.2) is 18.2 Å². The number of thiophene rings is 1. The second-order valence-corrected chi connectivity index (χ2v) is 8.57. The Morgan fingerprint density at radius 1 is 1.16 bits per heavy atom. The number of carbonyl (C=O) groups excluding carboxylic acids is 2. The number of esters is 1. The number of anilines is 1. The van der Waals surface area contributed by atoms with Crippen molar-refractivity contribution in [2.75, 3.05) is 11.9 Å². The van der Waals surface area contributed by atoms with Crippen LogP contribution >= 0.6 is 11.3 Å². The Balaban J connectivity index is 1.89. The Hall–Kier alpha value is -2.68.